The monoisotopic (exact) mass is 774 g/mol. The quantitative estimate of drug-likeness (QED) is 0.120. The number of aromatic nitrogens is 4. The van der Waals surface area contributed by atoms with E-state index in [9.17, 15) is 14.4 Å². The van der Waals surface area contributed by atoms with Crippen molar-refractivity contribution in [3.05, 3.63) is 90.6 Å². The summed E-state index contributed by atoms with van der Waals surface area (Å²) >= 11 is 29.0. The molecule has 2 aromatic heterocycles. The largest absolute Gasteiger partial charge is 0.480 e. The number of hydrogen-bond acceptors (Lipinski definition) is 8. The van der Waals surface area contributed by atoms with Gasteiger partial charge in [0.05, 0.1) is 26.4 Å². The Bertz CT molecular complexity index is 1770. The fourth-order valence-corrected chi connectivity index (χ4v) is 6.48. The number of nitrogens with zero attached hydrogens (tertiary/aromatic N) is 4. The van der Waals surface area contributed by atoms with Crippen LogP contribution in [-0.2, 0) is 23.7 Å². The Morgan fingerprint density at radius 3 is 1.98 bits per heavy atom. The Labute approximate surface area is 310 Å². The third-order valence-corrected chi connectivity index (χ3v) is 9.43. The molecule has 0 spiro atoms. The summed E-state index contributed by atoms with van der Waals surface area (Å²) in [6.45, 7) is 10.7. The molecule has 1 unspecified atom stereocenters. The van der Waals surface area contributed by atoms with Gasteiger partial charge < -0.3 is 16.2 Å². The number of fused-ring (bicyclic) bond motifs is 1. The van der Waals surface area contributed by atoms with E-state index in [0.29, 0.717) is 37.8 Å². The zero-order chi connectivity index (χ0) is 36.7. The third-order valence-electron chi connectivity index (χ3n) is 6.62. The molecule has 1 aliphatic heterocycles. The van der Waals surface area contributed by atoms with E-state index < -0.39 is 15.5 Å². The first-order valence-corrected chi connectivity index (χ1v) is 17.0. The lowest BCUT2D eigenvalue weighted by molar-refractivity contribution is -0.138. The minimum absolute atomic E-state index is 0.0423. The van der Waals surface area contributed by atoms with Gasteiger partial charge in [0, 0.05) is 46.4 Å². The predicted molar refractivity (Wildman–Crippen MR) is 201 cm³/mol. The summed E-state index contributed by atoms with van der Waals surface area (Å²) in [5.41, 5.74) is 9.67. The molecule has 0 saturated carbocycles. The summed E-state index contributed by atoms with van der Waals surface area (Å²) in [6.07, 6.45) is 0.693. The maximum atomic E-state index is 12.5. The highest BCUT2D eigenvalue weighted by molar-refractivity contribution is 8.01. The molecular weight excluding hydrogens is 738 g/mol. The molecule has 4 aromatic rings. The number of nitrogens with two attached hydrogens (primary N) is 1. The van der Waals surface area contributed by atoms with Gasteiger partial charge in [-0.15, -0.1) is 11.8 Å². The molecule has 1 atom stereocenters. The van der Waals surface area contributed by atoms with Gasteiger partial charge in [0.15, 0.2) is 6.29 Å². The normalized spacial score (nSPS) is 14.8. The minimum atomic E-state index is -0.893. The van der Waals surface area contributed by atoms with E-state index in [1.54, 1.807) is 39.3 Å². The second-order valence-electron chi connectivity index (χ2n) is 11.6. The first-order valence-electron chi connectivity index (χ1n) is 14.2. The number of carboxylic acid groups (broad SMARTS) is 1. The van der Waals surface area contributed by atoms with Gasteiger partial charge >= 0.3 is 5.97 Å². The van der Waals surface area contributed by atoms with Crippen molar-refractivity contribution in [1.29, 1.82) is 0 Å². The molecule has 1 aliphatic rings. The highest BCUT2D eigenvalue weighted by atomic mass is 35.5. The van der Waals surface area contributed by atoms with Crippen LogP contribution in [-0.4, -0.2) is 52.3 Å². The van der Waals surface area contributed by atoms with Crippen molar-refractivity contribution in [2.24, 2.45) is 14.1 Å². The number of benzene rings is 2. The van der Waals surface area contributed by atoms with Crippen LogP contribution in [0.1, 0.15) is 65.8 Å². The number of carbonyl (C=O) groups is 3. The van der Waals surface area contributed by atoms with Crippen LogP contribution in [0.5, 0.6) is 0 Å². The molecule has 48 heavy (non-hydrogen) atoms. The van der Waals surface area contributed by atoms with Crippen molar-refractivity contribution in [2.75, 3.05) is 11.1 Å². The molecule has 4 N–H and O–H groups in total. The van der Waals surface area contributed by atoms with E-state index in [-0.39, 0.29) is 11.2 Å². The van der Waals surface area contributed by atoms with Crippen LogP contribution in [0.15, 0.2) is 42.5 Å². The Morgan fingerprint density at radius 2 is 1.56 bits per heavy atom. The zero-order valence-corrected chi connectivity index (χ0v) is 32.3. The fourth-order valence-electron chi connectivity index (χ4n) is 3.96. The molecule has 2 aromatic carbocycles. The number of nitrogens with one attached hydrogen (secondary N) is 1. The molecule has 1 amide bonds. The Morgan fingerprint density at radius 1 is 1.02 bits per heavy atom. The topological polar surface area (TPSA) is 145 Å². The summed E-state index contributed by atoms with van der Waals surface area (Å²) in [5, 5.41) is 21.7. The Hall–Kier alpha value is -2.87. The standard InChI is InChI=1S/C16H17Cl2N3OS.C7H4Cl2O.C5H9N3.C4H8O2S/c1-8-12-13(10-6-5-9(17)7-11(10)18)23-16(2,3)15(22)19-14(12)21(4)20-8;8-6-2-1-5(4-10)7(9)3-6;1-4-3-5(6)8(2)7-4;1-4(2,7)3(5)6/h5-7,13H,1-4H3,(H,19,22);1-4H;3H,6H2,1-2H3;7H,1-2H3,(H,5,6). The predicted octanol–water partition coefficient (Wildman–Crippen LogP) is 8.48. The van der Waals surface area contributed by atoms with Crippen LogP contribution < -0.4 is 11.1 Å². The summed E-state index contributed by atoms with van der Waals surface area (Å²) in [6, 6.07) is 12.0. The first kappa shape index (κ1) is 41.3. The number of anilines is 2. The van der Waals surface area contributed by atoms with E-state index in [1.807, 2.05) is 60.0 Å². The fraction of sp³-hybridized carbons (Fsp3) is 0.344. The summed E-state index contributed by atoms with van der Waals surface area (Å²) < 4.78 is 1.87. The number of nitrogen functional groups attached to an aromatic ring is 1. The number of thiol groups is 1. The van der Waals surface area contributed by atoms with E-state index in [2.05, 4.69) is 28.1 Å². The van der Waals surface area contributed by atoms with Gasteiger partial charge in [-0.05, 0) is 77.4 Å². The van der Waals surface area contributed by atoms with Crippen molar-refractivity contribution in [2.45, 2.75) is 56.3 Å². The lowest BCUT2D eigenvalue weighted by Gasteiger charge is -2.25. The number of carbonyl (C=O) groups excluding carboxylic acids is 2. The lowest BCUT2D eigenvalue weighted by Crippen LogP contribution is -2.33. The second kappa shape index (κ2) is 17.2. The summed E-state index contributed by atoms with van der Waals surface area (Å²) in [4.78, 5) is 32.7. The number of halogens is 4. The molecular formula is C32H38Cl4N6O4S2. The number of aliphatic carboxylic acids is 1. The van der Waals surface area contributed by atoms with Crippen LogP contribution in [0.4, 0.5) is 11.6 Å². The van der Waals surface area contributed by atoms with Crippen LogP contribution in [0.2, 0.25) is 20.1 Å². The number of carboxylic acids is 1. The third kappa shape index (κ3) is 11.3. The Kier molecular flexibility index (Phi) is 14.8. The van der Waals surface area contributed by atoms with Crippen molar-refractivity contribution < 1.29 is 19.5 Å². The average Bonchev–Trinajstić information content (AvgIpc) is 3.37. The van der Waals surface area contributed by atoms with Crippen LogP contribution in [0.3, 0.4) is 0 Å². The summed E-state index contributed by atoms with van der Waals surface area (Å²) in [7, 11) is 3.65. The van der Waals surface area contributed by atoms with E-state index in [1.165, 1.54) is 19.9 Å². The van der Waals surface area contributed by atoms with Gasteiger partial charge in [0.1, 0.15) is 16.4 Å². The van der Waals surface area contributed by atoms with Crippen molar-refractivity contribution in [1.82, 2.24) is 19.6 Å². The highest BCUT2D eigenvalue weighted by Crippen LogP contribution is 2.51. The second-order valence-corrected chi connectivity index (χ2v) is 16.1. The highest BCUT2D eigenvalue weighted by Gasteiger charge is 2.40. The average molecular weight is 777 g/mol. The first-order chi connectivity index (χ1) is 22.1. The Balaban J connectivity index is 0.000000263. The molecule has 3 heterocycles. The van der Waals surface area contributed by atoms with E-state index >= 15 is 0 Å². The molecule has 5 rings (SSSR count). The molecule has 260 valence electrons. The van der Waals surface area contributed by atoms with Crippen molar-refractivity contribution in [3.63, 3.8) is 0 Å². The SMILES string of the molecule is CC(C)(S)C(=O)O.Cc1cc(N)n(C)n1.Cc1nn(C)c2c1C(c1ccc(Cl)cc1Cl)SC(C)(C)C(=O)N2.O=Cc1ccc(Cl)cc1Cl. The number of aryl methyl sites for hydroxylation is 4. The van der Waals surface area contributed by atoms with Gasteiger partial charge in [-0.25, -0.2) is 0 Å². The van der Waals surface area contributed by atoms with Crippen LogP contribution in [0, 0.1) is 13.8 Å². The minimum Gasteiger partial charge on any atom is -0.480 e. The van der Waals surface area contributed by atoms with E-state index in [0.717, 1.165) is 28.3 Å². The number of amides is 1. The molecule has 0 saturated heterocycles. The van der Waals surface area contributed by atoms with Gasteiger partial charge in [-0.1, -0.05) is 52.5 Å². The lowest BCUT2D eigenvalue weighted by atomic mass is 10.0. The van der Waals surface area contributed by atoms with E-state index in [4.69, 9.17) is 57.2 Å². The van der Waals surface area contributed by atoms with Gasteiger partial charge in [0.25, 0.3) is 0 Å². The van der Waals surface area contributed by atoms with Crippen LogP contribution >= 0.6 is 70.8 Å². The zero-order valence-electron chi connectivity index (χ0n) is 27.6. The van der Waals surface area contributed by atoms with Crippen molar-refractivity contribution >= 4 is 101 Å². The number of aldehydes is 1. The molecule has 10 nitrogen and oxygen atoms in total. The summed E-state index contributed by atoms with van der Waals surface area (Å²) in [5.74, 6) is 0.499. The number of rotatable bonds is 3. The number of hydrogen-bond donors (Lipinski definition) is 4. The maximum absolute atomic E-state index is 12.5. The number of thioether (sulfide) groups is 1. The molecule has 0 bridgehead atoms. The molecule has 16 heteroatoms. The maximum Gasteiger partial charge on any atom is 0.318 e. The molecule has 0 aliphatic carbocycles. The van der Waals surface area contributed by atoms with Crippen LogP contribution in [0.25, 0.3) is 0 Å². The molecule has 0 fully saturated rings. The smallest absolute Gasteiger partial charge is 0.318 e. The molecule has 0 radical (unpaired) electrons. The van der Waals surface area contributed by atoms with Gasteiger partial charge in [0.2, 0.25) is 5.91 Å². The van der Waals surface area contributed by atoms with Crippen molar-refractivity contribution in [3.8, 4) is 0 Å². The van der Waals surface area contributed by atoms with Gasteiger partial charge in [-0.2, -0.15) is 22.8 Å². The van der Waals surface area contributed by atoms with Gasteiger partial charge in [-0.3, -0.25) is 23.7 Å².